The van der Waals surface area contributed by atoms with Crippen LogP contribution in [-0.2, 0) is 11.3 Å². The number of hydrogen-bond donors (Lipinski definition) is 0. The molecule has 0 spiro atoms. The van der Waals surface area contributed by atoms with Crippen molar-refractivity contribution in [2.24, 2.45) is 0 Å². The highest BCUT2D eigenvalue weighted by Gasteiger charge is 2.29. The van der Waals surface area contributed by atoms with Crippen LogP contribution in [-0.4, -0.2) is 82.1 Å². The molecule has 1 aliphatic carbocycles. The number of amides is 1. The Labute approximate surface area is 180 Å². The number of hydrogen-bond acceptors (Lipinski definition) is 8. The first-order valence-electron chi connectivity index (χ1n) is 10.2. The number of piperazine rings is 1. The summed E-state index contributed by atoms with van der Waals surface area (Å²) in [6, 6.07) is 4.48. The molecule has 1 amide bonds. The third-order valence-electron chi connectivity index (χ3n) is 5.64. The van der Waals surface area contributed by atoms with Crippen molar-refractivity contribution in [1.82, 2.24) is 30.0 Å². The molecule has 162 valence electrons. The lowest BCUT2D eigenvalue weighted by atomic mass is 10.1. The molecule has 2 heterocycles. The second kappa shape index (κ2) is 9.22. The predicted molar refractivity (Wildman–Crippen MR) is 113 cm³/mol. The Kier molecular flexibility index (Phi) is 6.43. The van der Waals surface area contributed by atoms with Crippen LogP contribution in [0, 0.1) is 6.92 Å². The Bertz CT molecular complexity index is 893. The van der Waals surface area contributed by atoms with Crippen molar-refractivity contribution in [2.75, 3.05) is 46.2 Å². The van der Waals surface area contributed by atoms with Crippen LogP contribution in [0.2, 0.25) is 0 Å². The number of thioether (sulfide) groups is 1. The summed E-state index contributed by atoms with van der Waals surface area (Å²) < 4.78 is 12.7. The lowest BCUT2D eigenvalue weighted by Crippen LogP contribution is -2.48. The number of carbonyl (C=O) groups excluding carboxylic acids is 1. The maximum Gasteiger partial charge on any atom is 0.233 e. The van der Waals surface area contributed by atoms with E-state index in [1.165, 1.54) is 22.9 Å². The molecule has 2 aromatic rings. The molecular weight excluding hydrogens is 404 g/mol. The number of ether oxygens (including phenoxy) is 2. The molecule has 1 aliphatic heterocycles. The smallest absolute Gasteiger partial charge is 0.233 e. The monoisotopic (exact) mass is 432 g/mol. The number of nitrogens with zero attached hydrogens (tertiary/aromatic N) is 6. The van der Waals surface area contributed by atoms with Crippen LogP contribution in [0.4, 0.5) is 0 Å². The van der Waals surface area contributed by atoms with E-state index in [0.717, 1.165) is 62.2 Å². The normalized spacial score (nSPS) is 17.2. The summed E-state index contributed by atoms with van der Waals surface area (Å²) in [5.74, 6) is 2.02. The summed E-state index contributed by atoms with van der Waals surface area (Å²) in [4.78, 5) is 17.0. The fourth-order valence-electron chi connectivity index (χ4n) is 3.64. The molecule has 0 radical (unpaired) electrons. The van der Waals surface area contributed by atoms with E-state index in [1.54, 1.807) is 14.2 Å². The van der Waals surface area contributed by atoms with Crippen LogP contribution in [0.25, 0.3) is 0 Å². The molecule has 1 aromatic heterocycles. The third kappa shape index (κ3) is 4.70. The maximum absolute atomic E-state index is 12.6. The van der Waals surface area contributed by atoms with Crippen LogP contribution in [0.1, 0.15) is 30.0 Å². The number of tetrazole rings is 1. The van der Waals surface area contributed by atoms with Gasteiger partial charge in [-0.3, -0.25) is 9.69 Å². The SMILES string of the molecule is COc1cc(C)c(CN2CCN(C(=O)CSc3nnnn3C3CC3)CC2)cc1OC. The zero-order chi connectivity index (χ0) is 21.1. The van der Waals surface area contributed by atoms with Gasteiger partial charge in [-0.2, -0.15) is 0 Å². The number of benzene rings is 1. The predicted octanol–water partition coefficient (Wildman–Crippen LogP) is 1.77. The summed E-state index contributed by atoms with van der Waals surface area (Å²) in [5, 5.41) is 12.6. The first-order chi connectivity index (χ1) is 14.6. The van der Waals surface area contributed by atoms with Gasteiger partial charge in [0.25, 0.3) is 0 Å². The van der Waals surface area contributed by atoms with Crippen LogP contribution < -0.4 is 9.47 Å². The van der Waals surface area contributed by atoms with Crippen LogP contribution in [0.15, 0.2) is 17.3 Å². The quantitative estimate of drug-likeness (QED) is 0.584. The van der Waals surface area contributed by atoms with Gasteiger partial charge < -0.3 is 14.4 Å². The maximum atomic E-state index is 12.6. The first kappa shape index (κ1) is 20.9. The Morgan fingerprint density at radius 1 is 1.13 bits per heavy atom. The fraction of sp³-hybridized carbons (Fsp3) is 0.600. The van der Waals surface area contributed by atoms with Crippen molar-refractivity contribution in [3.05, 3.63) is 23.3 Å². The minimum atomic E-state index is 0.146. The summed E-state index contributed by atoms with van der Waals surface area (Å²) in [7, 11) is 3.31. The van der Waals surface area contributed by atoms with E-state index in [-0.39, 0.29) is 5.91 Å². The first-order valence-corrected chi connectivity index (χ1v) is 11.2. The van der Waals surface area contributed by atoms with Crippen molar-refractivity contribution >= 4 is 17.7 Å². The highest BCUT2D eigenvalue weighted by atomic mass is 32.2. The Morgan fingerprint density at radius 3 is 2.50 bits per heavy atom. The number of methoxy groups -OCH3 is 2. The Balaban J connectivity index is 1.27. The largest absolute Gasteiger partial charge is 0.493 e. The number of rotatable bonds is 8. The van der Waals surface area contributed by atoms with Crippen LogP contribution in [0.3, 0.4) is 0 Å². The lowest BCUT2D eigenvalue weighted by Gasteiger charge is -2.35. The van der Waals surface area contributed by atoms with Crippen molar-refractivity contribution in [3.8, 4) is 11.5 Å². The van der Waals surface area contributed by atoms with Gasteiger partial charge in [-0.25, -0.2) is 4.68 Å². The highest BCUT2D eigenvalue weighted by molar-refractivity contribution is 7.99. The van der Waals surface area contributed by atoms with Gasteiger partial charge >= 0.3 is 0 Å². The van der Waals surface area contributed by atoms with Crippen LogP contribution in [0.5, 0.6) is 11.5 Å². The minimum Gasteiger partial charge on any atom is -0.493 e. The van der Waals surface area contributed by atoms with E-state index in [2.05, 4.69) is 27.3 Å². The Morgan fingerprint density at radius 2 is 1.83 bits per heavy atom. The molecule has 4 rings (SSSR count). The van der Waals surface area contributed by atoms with E-state index in [1.807, 2.05) is 21.7 Å². The number of carbonyl (C=O) groups is 1. The van der Waals surface area contributed by atoms with E-state index in [0.29, 0.717) is 11.8 Å². The van der Waals surface area contributed by atoms with Crippen molar-refractivity contribution in [3.63, 3.8) is 0 Å². The van der Waals surface area contributed by atoms with Gasteiger partial charge in [0.05, 0.1) is 26.0 Å². The zero-order valence-electron chi connectivity index (χ0n) is 17.7. The molecular formula is C20H28N6O3S. The molecule has 10 heteroatoms. The molecule has 2 aliphatic rings. The van der Waals surface area contributed by atoms with Gasteiger partial charge in [0.1, 0.15) is 0 Å². The van der Waals surface area contributed by atoms with Gasteiger partial charge in [-0.1, -0.05) is 11.8 Å². The molecule has 0 atom stereocenters. The van der Waals surface area contributed by atoms with Gasteiger partial charge in [-0.05, 0) is 53.5 Å². The van der Waals surface area contributed by atoms with Crippen molar-refractivity contribution in [2.45, 2.75) is 37.5 Å². The molecule has 30 heavy (non-hydrogen) atoms. The average Bonchev–Trinajstić information content (AvgIpc) is 3.51. The molecule has 0 unspecified atom stereocenters. The van der Waals surface area contributed by atoms with E-state index in [4.69, 9.17) is 9.47 Å². The number of aromatic nitrogens is 4. The van der Waals surface area contributed by atoms with E-state index < -0.39 is 0 Å². The lowest BCUT2D eigenvalue weighted by molar-refractivity contribution is -0.130. The summed E-state index contributed by atoms with van der Waals surface area (Å²) >= 11 is 1.43. The molecule has 9 nitrogen and oxygen atoms in total. The molecule has 0 bridgehead atoms. The molecule has 1 aromatic carbocycles. The van der Waals surface area contributed by atoms with Crippen LogP contribution >= 0.6 is 11.8 Å². The van der Waals surface area contributed by atoms with Gasteiger partial charge in [-0.15, -0.1) is 5.10 Å². The summed E-state index contributed by atoms with van der Waals surface area (Å²) in [6.45, 7) is 6.09. The van der Waals surface area contributed by atoms with Gasteiger partial charge in [0.2, 0.25) is 11.1 Å². The molecule has 0 N–H and O–H groups in total. The van der Waals surface area contributed by atoms with Gasteiger partial charge in [0.15, 0.2) is 11.5 Å². The van der Waals surface area contributed by atoms with E-state index >= 15 is 0 Å². The average molecular weight is 433 g/mol. The third-order valence-corrected chi connectivity index (χ3v) is 6.56. The van der Waals surface area contributed by atoms with Crippen molar-refractivity contribution < 1.29 is 14.3 Å². The molecule has 1 saturated carbocycles. The number of aryl methyl sites for hydroxylation is 1. The topological polar surface area (TPSA) is 85.6 Å². The zero-order valence-corrected chi connectivity index (χ0v) is 18.5. The minimum absolute atomic E-state index is 0.146. The Hall–Kier alpha value is -2.33. The van der Waals surface area contributed by atoms with Gasteiger partial charge in [0, 0.05) is 32.7 Å². The standard InChI is InChI=1S/C20H28N6O3S/c1-14-10-17(28-2)18(29-3)11-15(14)12-24-6-8-25(9-7-24)19(27)13-30-20-21-22-23-26(20)16-4-5-16/h10-11,16H,4-9,12-13H2,1-3H3. The second-order valence-corrected chi connectivity index (χ2v) is 8.66. The molecule has 2 fully saturated rings. The molecule has 1 saturated heterocycles. The van der Waals surface area contributed by atoms with E-state index in [9.17, 15) is 4.79 Å². The summed E-state index contributed by atoms with van der Waals surface area (Å²) in [6.07, 6.45) is 2.24. The highest BCUT2D eigenvalue weighted by Crippen LogP contribution is 2.36. The fourth-order valence-corrected chi connectivity index (χ4v) is 4.48. The van der Waals surface area contributed by atoms with Crippen molar-refractivity contribution in [1.29, 1.82) is 0 Å². The second-order valence-electron chi connectivity index (χ2n) is 7.72. The summed E-state index contributed by atoms with van der Waals surface area (Å²) in [5.41, 5.74) is 2.39.